The largest absolute Gasteiger partial charge is 0.349 e. The summed E-state index contributed by atoms with van der Waals surface area (Å²) in [4.78, 5) is 13.0. The highest BCUT2D eigenvalue weighted by atomic mass is 32.2. The van der Waals surface area contributed by atoms with E-state index in [0.29, 0.717) is 44.2 Å². The molecule has 2 fully saturated rings. The van der Waals surface area contributed by atoms with Gasteiger partial charge in [0.2, 0.25) is 15.9 Å². The monoisotopic (exact) mass is 434 g/mol. The van der Waals surface area contributed by atoms with Crippen molar-refractivity contribution in [1.29, 1.82) is 0 Å². The molecule has 1 heterocycles. The number of benzene rings is 1. The van der Waals surface area contributed by atoms with Gasteiger partial charge in [-0.25, -0.2) is 12.7 Å². The van der Waals surface area contributed by atoms with Crippen LogP contribution in [-0.2, 0) is 21.2 Å². The minimum Gasteiger partial charge on any atom is -0.349 e. The average Bonchev–Trinajstić information content (AvgIpc) is 3.56. The van der Waals surface area contributed by atoms with Gasteiger partial charge in [-0.1, -0.05) is 51.5 Å². The number of hydrogen-bond donors (Lipinski definition) is 1. The van der Waals surface area contributed by atoms with Crippen molar-refractivity contribution in [2.45, 2.75) is 71.8 Å². The van der Waals surface area contributed by atoms with Crippen LogP contribution in [0.2, 0.25) is 0 Å². The molecule has 0 spiro atoms. The Morgan fingerprint density at radius 1 is 1.10 bits per heavy atom. The third-order valence-electron chi connectivity index (χ3n) is 6.35. The summed E-state index contributed by atoms with van der Waals surface area (Å²) >= 11 is 0. The standard InChI is InChI=1S/C24H38N2O3S/c1-4-5-16-30(28,29)26-14-12-22(13-15-26)24(27)25-23(21-10-11-21)20-8-6-19(7-9-20)17-18(2)3/h6-9,18,21-23H,4-5,10-17H2,1-3H3,(H,25,27). The highest BCUT2D eigenvalue weighted by Crippen LogP contribution is 2.41. The van der Waals surface area contributed by atoms with Crippen LogP contribution in [0.5, 0.6) is 0 Å². The van der Waals surface area contributed by atoms with Gasteiger partial charge in [-0.15, -0.1) is 0 Å². The molecule has 1 amide bonds. The third-order valence-corrected chi connectivity index (χ3v) is 8.30. The van der Waals surface area contributed by atoms with Gasteiger partial charge in [0.25, 0.3) is 0 Å². The zero-order chi connectivity index (χ0) is 21.7. The maximum Gasteiger partial charge on any atom is 0.223 e. The number of hydrogen-bond acceptors (Lipinski definition) is 3. The Balaban J connectivity index is 1.56. The Morgan fingerprint density at radius 2 is 1.73 bits per heavy atom. The topological polar surface area (TPSA) is 66.5 Å². The first-order valence-electron chi connectivity index (χ1n) is 11.7. The number of piperidine rings is 1. The van der Waals surface area contributed by atoms with Crippen molar-refractivity contribution < 1.29 is 13.2 Å². The molecule has 1 saturated heterocycles. The molecule has 1 aromatic carbocycles. The lowest BCUT2D eigenvalue weighted by Gasteiger charge is -2.31. The van der Waals surface area contributed by atoms with Crippen molar-refractivity contribution in [2.24, 2.45) is 17.8 Å². The molecule has 1 atom stereocenters. The molecule has 5 nitrogen and oxygen atoms in total. The summed E-state index contributed by atoms with van der Waals surface area (Å²) in [7, 11) is -3.18. The van der Waals surface area contributed by atoms with E-state index in [1.807, 2.05) is 6.92 Å². The molecule has 1 aliphatic carbocycles. The number of rotatable bonds is 10. The van der Waals surface area contributed by atoms with Crippen molar-refractivity contribution in [3.63, 3.8) is 0 Å². The molecule has 1 aromatic rings. The molecule has 0 radical (unpaired) electrons. The minimum absolute atomic E-state index is 0.0805. The van der Waals surface area contributed by atoms with Crippen LogP contribution in [-0.4, -0.2) is 37.5 Å². The van der Waals surface area contributed by atoms with Crippen LogP contribution in [0.1, 0.15) is 76.5 Å². The molecular weight excluding hydrogens is 396 g/mol. The molecular formula is C24H38N2O3S. The molecule has 1 N–H and O–H groups in total. The van der Waals surface area contributed by atoms with Crippen LogP contribution >= 0.6 is 0 Å². The maximum atomic E-state index is 13.0. The first kappa shape index (κ1) is 23.3. The molecule has 30 heavy (non-hydrogen) atoms. The Morgan fingerprint density at radius 3 is 2.27 bits per heavy atom. The number of sulfonamides is 1. The zero-order valence-electron chi connectivity index (χ0n) is 18.8. The normalized spacial score (nSPS) is 19.7. The fraction of sp³-hybridized carbons (Fsp3) is 0.708. The van der Waals surface area contributed by atoms with Crippen molar-refractivity contribution in [1.82, 2.24) is 9.62 Å². The van der Waals surface area contributed by atoms with Crippen LogP contribution in [0, 0.1) is 17.8 Å². The van der Waals surface area contributed by atoms with Crippen LogP contribution in [0.4, 0.5) is 0 Å². The van der Waals surface area contributed by atoms with Crippen molar-refractivity contribution in [3.8, 4) is 0 Å². The molecule has 2 aliphatic rings. The van der Waals surface area contributed by atoms with Gasteiger partial charge < -0.3 is 5.32 Å². The second kappa shape index (κ2) is 10.3. The molecule has 1 aliphatic heterocycles. The predicted octanol–water partition coefficient (Wildman–Crippen LogP) is 4.29. The predicted molar refractivity (Wildman–Crippen MR) is 122 cm³/mol. The second-order valence-electron chi connectivity index (χ2n) is 9.51. The van der Waals surface area contributed by atoms with Gasteiger partial charge in [0.15, 0.2) is 0 Å². The van der Waals surface area contributed by atoms with Crippen molar-refractivity contribution >= 4 is 15.9 Å². The second-order valence-corrected chi connectivity index (χ2v) is 11.6. The van der Waals surface area contributed by atoms with Gasteiger partial charge in [0.1, 0.15) is 0 Å². The first-order chi connectivity index (χ1) is 14.3. The van der Waals surface area contributed by atoms with Gasteiger partial charge in [-0.05, 0) is 61.5 Å². The van der Waals surface area contributed by atoms with E-state index in [0.717, 1.165) is 25.7 Å². The van der Waals surface area contributed by atoms with E-state index in [-0.39, 0.29) is 23.6 Å². The number of carbonyl (C=O) groups excluding carboxylic acids is 1. The molecule has 0 bridgehead atoms. The van der Waals surface area contributed by atoms with E-state index >= 15 is 0 Å². The van der Waals surface area contributed by atoms with Crippen molar-refractivity contribution in [3.05, 3.63) is 35.4 Å². The Labute approximate surface area is 182 Å². The lowest BCUT2D eigenvalue weighted by atomic mass is 9.94. The van der Waals surface area contributed by atoms with Crippen LogP contribution in [0.3, 0.4) is 0 Å². The molecule has 1 saturated carbocycles. The van der Waals surface area contributed by atoms with E-state index in [9.17, 15) is 13.2 Å². The first-order valence-corrected chi connectivity index (χ1v) is 13.3. The zero-order valence-corrected chi connectivity index (χ0v) is 19.6. The molecule has 168 valence electrons. The Kier molecular flexibility index (Phi) is 7.97. The molecule has 3 rings (SSSR count). The van der Waals surface area contributed by atoms with E-state index in [2.05, 4.69) is 43.4 Å². The van der Waals surface area contributed by atoms with Crippen LogP contribution < -0.4 is 5.32 Å². The van der Waals surface area contributed by atoms with Gasteiger partial charge in [0, 0.05) is 19.0 Å². The summed E-state index contributed by atoms with van der Waals surface area (Å²) < 4.78 is 26.4. The van der Waals surface area contributed by atoms with Gasteiger partial charge in [-0.2, -0.15) is 0 Å². The fourth-order valence-electron chi connectivity index (χ4n) is 4.36. The number of nitrogens with one attached hydrogen (secondary N) is 1. The highest BCUT2D eigenvalue weighted by molar-refractivity contribution is 7.89. The summed E-state index contributed by atoms with van der Waals surface area (Å²) in [6.45, 7) is 7.37. The lowest BCUT2D eigenvalue weighted by molar-refractivity contribution is -0.127. The van der Waals surface area contributed by atoms with Crippen molar-refractivity contribution in [2.75, 3.05) is 18.8 Å². The maximum absolute atomic E-state index is 13.0. The summed E-state index contributed by atoms with van der Waals surface area (Å²) in [5.74, 6) is 1.37. The minimum atomic E-state index is -3.18. The summed E-state index contributed by atoms with van der Waals surface area (Å²) in [6, 6.07) is 8.80. The summed E-state index contributed by atoms with van der Waals surface area (Å²) in [5.41, 5.74) is 2.53. The Hall–Kier alpha value is -1.40. The van der Waals surface area contributed by atoms with Gasteiger partial charge in [0.05, 0.1) is 11.8 Å². The van der Waals surface area contributed by atoms with Gasteiger partial charge >= 0.3 is 0 Å². The number of carbonyl (C=O) groups is 1. The van der Waals surface area contributed by atoms with E-state index in [1.54, 1.807) is 4.31 Å². The molecule has 0 aromatic heterocycles. The molecule has 6 heteroatoms. The third kappa shape index (κ3) is 6.30. The van der Waals surface area contributed by atoms with Crippen LogP contribution in [0.15, 0.2) is 24.3 Å². The number of unbranched alkanes of at least 4 members (excludes halogenated alkanes) is 1. The highest BCUT2D eigenvalue weighted by Gasteiger charge is 2.36. The lowest BCUT2D eigenvalue weighted by Crippen LogP contribution is -2.44. The SMILES string of the molecule is CCCCS(=O)(=O)N1CCC(C(=O)NC(c2ccc(CC(C)C)cc2)C2CC2)CC1. The fourth-order valence-corrected chi connectivity index (χ4v) is 6.04. The van der Waals surface area contributed by atoms with Gasteiger partial charge in [-0.3, -0.25) is 4.79 Å². The average molecular weight is 435 g/mol. The van der Waals surface area contributed by atoms with E-state index in [1.165, 1.54) is 11.1 Å². The quantitative estimate of drug-likeness (QED) is 0.597. The van der Waals surface area contributed by atoms with E-state index in [4.69, 9.17) is 0 Å². The summed E-state index contributed by atoms with van der Waals surface area (Å²) in [6.07, 6.45) is 6.19. The number of amides is 1. The van der Waals surface area contributed by atoms with Crippen LogP contribution in [0.25, 0.3) is 0 Å². The smallest absolute Gasteiger partial charge is 0.223 e. The Bertz CT molecular complexity index is 792. The number of nitrogens with zero attached hydrogens (tertiary/aromatic N) is 1. The summed E-state index contributed by atoms with van der Waals surface area (Å²) in [5, 5.41) is 3.31. The molecule has 1 unspecified atom stereocenters. The van der Waals surface area contributed by atoms with E-state index < -0.39 is 10.0 Å².